The zero-order valence-corrected chi connectivity index (χ0v) is 8.65. The monoisotopic (exact) mass is 196 g/mol. The molecule has 0 radical (unpaired) electrons. The van der Waals surface area contributed by atoms with Crippen molar-refractivity contribution in [2.24, 2.45) is 17.8 Å². The fourth-order valence-corrected chi connectivity index (χ4v) is 4.16. The van der Waals surface area contributed by atoms with Gasteiger partial charge >= 0.3 is 0 Å². The van der Waals surface area contributed by atoms with E-state index in [4.69, 9.17) is 0 Å². The maximum atomic E-state index is 11.7. The van der Waals surface area contributed by atoms with Gasteiger partial charge in [-0.05, 0) is 24.7 Å². The van der Waals surface area contributed by atoms with Gasteiger partial charge in [0.1, 0.15) is 0 Å². The average Bonchev–Trinajstić information content (AvgIpc) is 2.08. The molecule has 5 atom stereocenters. The molecular weight excluding hydrogens is 178 g/mol. The minimum absolute atomic E-state index is 0.113. The van der Waals surface area contributed by atoms with Gasteiger partial charge in [-0.15, -0.1) is 0 Å². The zero-order chi connectivity index (χ0) is 9.92. The maximum Gasteiger partial charge on any atom is 0.204 e. The number of rotatable bonds is 0. The Morgan fingerprint density at radius 2 is 2.14 bits per heavy atom. The summed E-state index contributed by atoms with van der Waals surface area (Å²) in [7, 11) is 0. The van der Waals surface area contributed by atoms with Crippen LogP contribution in [-0.2, 0) is 0 Å². The number of aliphatic hydroxyl groups is 1. The summed E-state index contributed by atoms with van der Waals surface area (Å²) in [6.45, 7) is 2.76. The van der Waals surface area contributed by atoms with Gasteiger partial charge < -0.3 is 5.11 Å². The zero-order valence-electron chi connectivity index (χ0n) is 8.65. The van der Waals surface area contributed by atoms with E-state index in [1.54, 1.807) is 0 Å². The third kappa shape index (κ3) is 1.02. The van der Waals surface area contributed by atoms with Gasteiger partial charge in [0, 0.05) is 22.5 Å². The number of piperidine rings is 1. The van der Waals surface area contributed by atoms with Gasteiger partial charge in [-0.2, -0.15) is 0 Å². The van der Waals surface area contributed by atoms with Crippen LogP contribution in [0.15, 0.2) is 0 Å². The molecule has 1 aliphatic heterocycles. The maximum absolute atomic E-state index is 11.7. The Morgan fingerprint density at radius 3 is 2.93 bits per heavy atom. The molecule has 0 amide bonds. The molecular formula is C11H18NO2+. The predicted octanol–water partition coefficient (Wildman–Crippen LogP) is 1.33. The van der Waals surface area contributed by atoms with Gasteiger partial charge in [0.05, 0.1) is 11.5 Å². The normalized spacial score (nSPS) is 56.3. The van der Waals surface area contributed by atoms with Gasteiger partial charge in [-0.1, -0.05) is 6.92 Å². The Bertz CT molecular complexity index is 291. The first kappa shape index (κ1) is 8.84. The van der Waals surface area contributed by atoms with Crippen molar-refractivity contribution in [2.45, 2.75) is 44.2 Å². The summed E-state index contributed by atoms with van der Waals surface area (Å²) in [6, 6.07) is 0.113. The second-order valence-corrected chi connectivity index (χ2v) is 5.69. The molecule has 1 heterocycles. The lowest BCUT2D eigenvalue weighted by Gasteiger charge is -2.52. The van der Waals surface area contributed by atoms with E-state index in [9.17, 15) is 10.0 Å². The van der Waals surface area contributed by atoms with Crippen LogP contribution >= 0.6 is 0 Å². The first-order chi connectivity index (χ1) is 6.58. The van der Waals surface area contributed by atoms with Crippen molar-refractivity contribution in [3.63, 3.8) is 0 Å². The molecule has 78 valence electrons. The molecule has 3 bridgehead atoms. The van der Waals surface area contributed by atoms with Gasteiger partial charge in [0.25, 0.3) is 0 Å². The average molecular weight is 196 g/mol. The first-order valence-electron chi connectivity index (χ1n) is 5.74. The van der Waals surface area contributed by atoms with Gasteiger partial charge in [-0.3, -0.25) is 0 Å². The molecule has 1 saturated heterocycles. The van der Waals surface area contributed by atoms with Crippen molar-refractivity contribution in [2.75, 3.05) is 6.54 Å². The van der Waals surface area contributed by atoms with Crippen LogP contribution in [0.25, 0.3) is 0 Å². The molecule has 14 heavy (non-hydrogen) atoms. The van der Waals surface area contributed by atoms with Crippen LogP contribution in [0.1, 0.15) is 32.6 Å². The minimum atomic E-state index is -0.494. The summed E-state index contributed by atoms with van der Waals surface area (Å²) in [6.07, 6.45) is 3.91. The molecule has 3 heteroatoms. The topological polar surface area (TPSA) is 40.3 Å². The predicted molar refractivity (Wildman–Crippen MR) is 51.8 cm³/mol. The molecule has 0 spiro atoms. The van der Waals surface area contributed by atoms with E-state index in [0.717, 1.165) is 19.3 Å². The van der Waals surface area contributed by atoms with E-state index in [-0.39, 0.29) is 12.0 Å². The molecule has 5 unspecified atom stereocenters. The standard InChI is InChI=1S/C11H18NO2/c1-7-2-8-3-9-5-11(13,4-8)10(7)6-12(9)14/h7-10,13H,2-6H2,1H3/q+1. The number of nitroso groups, excluding NO2 is 1. The SMILES string of the molecule is CC1CC2CC3CC(O)(C2)C1C[N+]3=O. The fraction of sp³-hybridized carbons (Fsp3) is 1.00. The Morgan fingerprint density at radius 1 is 1.36 bits per heavy atom. The number of hydrogen-bond donors (Lipinski definition) is 1. The van der Waals surface area contributed by atoms with E-state index < -0.39 is 5.60 Å². The van der Waals surface area contributed by atoms with Crippen LogP contribution in [0.5, 0.6) is 0 Å². The van der Waals surface area contributed by atoms with E-state index in [2.05, 4.69) is 6.92 Å². The highest BCUT2D eigenvalue weighted by Gasteiger charge is 2.59. The Labute approximate surface area is 84.1 Å². The first-order valence-corrected chi connectivity index (χ1v) is 5.74. The van der Waals surface area contributed by atoms with Crippen molar-refractivity contribution in [3.05, 3.63) is 4.91 Å². The van der Waals surface area contributed by atoms with E-state index in [0.29, 0.717) is 18.4 Å². The summed E-state index contributed by atoms with van der Waals surface area (Å²) in [5.74, 6) is 1.35. The van der Waals surface area contributed by atoms with Crippen molar-refractivity contribution in [1.29, 1.82) is 0 Å². The molecule has 3 fully saturated rings. The molecule has 0 aromatic rings. The third-order valence-electron chi connectivity index (χ3n) is 4.70. The molecule has 0 aromatic heterocycles. The lowest BCUT2D eigenvalue weighted by Crippen LogP contribution is -2.61. The summed E-state index contributed by atoms with van der Waals surface area (Å²) >= 11 is 0. The molecule has 3 aliphatic rings. The van der Waals surface area contributed by atoms with Crippen molar-refractivity contribution in [1.82, 2.24) is 0 Å². The molecule has 2 saturated carbocycles. The van der Waals surface area contributed by atoms with E-state index in [1.165, 1.54) is 11.2 Å². The Kier molecular flexibility index (Phi) is 1.62. The molecule has 1 N–H and O–H groups in total. The number of nitrogens with zero attached hydrogens (tertiary/aromatic N) is 1. The van der Waals surface area contributed by atoms with Gasteiger partial charge in [-0.25, -0.2) is 0 Å². The third-order valence-corrected chi connectivity index (χ3v) is 4.70. The van der Waals surface area contributed by atoms with E-state index >= 15 is 0 Å². The molecule has 2 aliphatic carbocycles. The molecule has 3 nitrogen and oxygen atoms in total. The lowest BCUT2D eigenvalue weighted by atomic mass is 9.56. The van der Waals surface area contributed by atoms with Crippen LogP contribution in [-0.4, -0.2) is 28.1 Å². The smallest absolute Gasteiger partial charge is 0.204 e. The fourth-order valence-electron chi connectivity index (χ4n) is 4.16. The van der Waals surface area contributed by atoms with Crippen molar-refractivity contribution >= 4 is 0 Å². The van der Waals surface area contributed by atoms with Crippen LogP contribution < -0.4 is 0 Å². The lowest BCUT2D eigenvalue weighted by molar-refractivity contribution is -0.624. The second-order valence-electron chi connectivity index (χ2n) is 5.69. The van der Waals surface area contributed by atoms with Gasteiger partial charge in [0.2, 0.25) is 6.04 Å². The summed E-state index contributed by atoms with van der Waals surface area (Å²) in [5, 5.41) is 10.5. The summed E-state index contributed by atoms with van der Waals surface area (Å²) in [5.41, 5.74) is -0.494. The Balaban J connectivity index is 2.01. The van der Waals surface area contributed by atoms with E-state index in [1.807, 2.05) is 0 Å². The number of hydrogen-bond acceptors (Lipinski definition) is 2. The van der Waals surface area contributed by atoms with Crippen LogP contribution in [0.4, 0.5) is 0 Å². The van der Waals surface area contributed by atoms with Crippen molar-refractivity contribution in [3.8, 4) is 0 Å². The number of fused-ring (bicyclic) bond motifs is 2. The summed E-state index contributed by atoms with van der Waals surface area (Å²) < 4.78 is 1.24. The van der Waals surface area contributed by atoms with Gasteiger partial charge in [0.15, 0.2) is 6.54 Å². The second kappa shape index (κ2) is 2.57. The largest absolute Gasteiger partial charge is 0.389 e. The summed E-state index contributed by atoms with van der Waals surface area (Å²) in [4.78, 5) is 11.7. The quantitative estimate of drug-likeness (QED) is 0.594. The Hall–Kier alpha value is -0.440. The highest BCUT2D eigenvalue weighted by atomic mass is 16.3. The van der Waals surface area contributed by atoms with Crippen LogP contribution in [0.2, 0.25) is 0 Å². The van der Waals surface area contributed by atoms with Crippen LogP contribution in [0, 0.1) is 22.7 Å². The highest BCUT2D eigenvalue weighted by Crippen LogP contribution is 2.51. The highest BCUT2D eigenvalue weighted by molar-refractivity contribution is 5.03. The van der Waals surface area contributed by atoms with Crippen LogP contribution in [0.3, 0.4) is 0 Å². The molecule has 3 rings (SSSR count). The van der Waals surface area contributed by atoms with Crippen molar-refractivity contribution < 1.29 is 9.87 Å². The minimum Gasteiger partial charge on any atom is -0.389 e. The molecule has 0 aromatic carbocycles.